The normalized spacial score (nSPS) is 23.9. The molecule has 1 N–H and O–H groups in total. The van der Waals surface area contributed by atoms with Crippen molar-refractivity contribution in [2.24, 2.45) is 0 Å². The highest BCUT2D eigenvalue weighted by molar-refractivity contribution is 7.99. The molecule has 0 unspecified atom stereocenters. The van der Waals surface area contributed by atoms with E-state index in [0.29, 0.717) is 6.04 Å². The average Bonchev–Trinajstić information content (AvgIpc) is 2.74. The number of fused-ring (bicyclic) bond motifs is 1. The Hall–Kier alpha value is -0.450. The van der Waals surface area contributed by atoms with Gasteiger partial charge in [-0.2, -0.15) is 11.8 Å². The van der Waals surface area contributed by atoms with Crippen LogP contribution in [0.3, 0.4) is 0 Å². The molecule has 0 aliphatic heterocycles. The molecule has 1 fully saturated rings. The molecule has 19 heavy (non-hydrogen) atoms. The third-order valence-corrected chi connectivity index (χ3v) is 5.69. The maximum absolute atomic E-state index is 6.12. The Kier molecular flexibility index (Phi) is 3.92. The average molecular weight is 313 g/mol. The van der Waals surface area contributed by atoms with E-state index in [-0.39, 0.29) is 0 Å². The molecular formula is C14H17ClN2S2. The number of hydrogen-bond donors (Lipinski definition) is 1. The maximum Gasteiger partial charge on any atom is 0.178 e. The number of aromatic nitrogens is 2. The Bertz CT molecular complexity index is 638. The standard InChI is InChI=1S/C14H17ClN2S2/c1-19-11-5-3-10(4-6-11)17-13-8-9(15)2-7-12(13)16-14(17)18/h2,7-8,10-11H,3-6H2,1H3,(H,16,18). The van der Waals surface area contributed by atoms with Crippen molar-refractivity contribution >= 4 is 46.6 Å². The summed E-state index contributed by atoms with van der Waals surface area (Å²) in [7, 11) is 0. The van der Waals surface area contributed by atoms with E-state index in [4.69, 9.17) is 23.8 Å². The zero-order chi connectivity index (χ0) is 13.4. The third-order valence-electron chi connectivity index (χ3n) is 4.02. The highest BCUT2D eigenvalue weighted by Crippen LogP contribution is 2.35. The maximum atomic E-state index is 6.12. The minimum Gasteiger partial charge on any atom is -0.331 e. The quantitative estimate of drug-likeness (QED) is 0.769. The highest BCUT2D eigenvalue weighted by atomic mass is 35.5. The van der Waals surface area contributed by atoms with Crippen LogP contribution in [0.15, 0.2) is 18.2 Å². The van der Waals surface area contributed by atoms with Crippen molar-refractivity contribution in [3.05, 3.63) is 28.0 Å². The number of nitrogens with zero attached hydrogens (tertiary/aromatic N) is 1. The molecule has 5 heteroatoms. The van der Waals surface area contributed by atoms with E-state index in [1.54, 1.807) is 0 Å². The summed E-state index contributed by atoms with van der Waals surface area (Å²) in [5.41, 5.74) is 2.23. The van der Waals surface area contributed by atoms with E-state index in [2.05, 4.69) is 15.8 Å². The highest BCUT2D eigenvalue weighted by Gasteiger charge is 2.23. The van der Waals surface area contributed by atoms with E-state index >= 15 is 0 Å². The Morgan fingerprint density at radius 1 is 1.32 bits per heavy atom. The van der Waals surface area contributed by atoms with Gasteiger partial charge in [-0.3, -0.25) is 0 Å². The van der Waals surface area contributed by atoms with Crippen LogP contribution in [0.25, 0.3) is 11.0 Å². The fraction of sp³-hybridized carbons (Fsp3) is 0.500. The van der Waals surface area contributed by atoms with E-state index in [0.717, 1.165) is 26.1 Å². The third kappa shape index (κ3) is 2.58. The minimum absolute atomic E-state index is 0.517. The number of nitrogens with one attached hydrogen (secondary N) is 1. The molecule has 1 aromatic heterocycles. The Morgan fingerprint density at radius 2 is 2.05 bits per heavy atom. The smallest absolute Gasteiger partial charge is 0.178 e. The summed E-state index contributed by atoms with van der Waals surface area (Å²) >= 11 is 13.6. The zero-order valence-corrected chi connectivity index (χ0v) is 13.2. The lowest BCUT2D eigenvalue weighted by Crippen LogP contribution is -2.19. The van der Waals surface area contributed by atoms with Crippen molar-refractivity contribution in [1.29, 1.82) is 0 Å². The summed E-state index contributed by atoms with van der Waals surface area (Å²) in [5, 5.41) is 1.59. The van der Waals surface area contributed by atoms with Gasteiger partial charge in [0, 0.05) is 16.3 Å². The van der Waals surface area contributed by atoms with Gasteiger partial charge < -0.3 is 9.55 Å². The number of rotatable bonds is 2. The summed E-state index contributed by atoms with van der Waals surface area (Å²) in [6.45, 7) is 0. The second-order valence-corrected chi connectivity index (χ2v) is 7.09. The lowest BCUT2D eigenvalue weighted by atomic mass is 9.94. The van der Waals surface area contributed by atoms with Crippen LogP contribution in [0.4, 0.5) is 0 Å². The van der Waals surface area contributed by atoms with Crippen molar-refractivity contribution in [3.8, 4) is 0 Å². The molecule has 1 saturated carbocycles. The number of benzene rings is 1. The van der Waals surface area contributed by atoms with Crippen LogP contribution in [0, 0.1) is 4.77 Å². The van der Waals surface area contributed by atoms with Crippen LogP contribution in [0.1, 0.15) is 31.7 Å². The fourth-order valence-electron chi connectivity index (χ4n) is 3.00. The number of thioether (sulfide) groups is 1. The second-order valence-electron chi connectivity index (χ2n) is 5.13. The Morgan fingerprint density at radius 3 is 2.74 bits per heavy atom. The second kappa shape index (κ2) is 5.51. The molecule has 1 aliphatic carbocycles. The van der Waals surface area contributed by atoms with Gasteiger partial charge in [0.1, 0.15) is 0 Å². The first-order valence-electron chi connectivity index (χ1n) is 6.61. The van der Waals surface area contributed by atoms with Crippen LogP contribution >= 0.6 is 35.6 Å². The number of hydrogen-bond acceptors (Lipinski definition) is 2. The first-order chi connectivity index (χ1) is 9.19. The van der Waals surface area contributed by atoms with Gasteiger partial charge in [-0.25, -0.2) is 0 Å². The summed E-state index contributed by atoms with van der Waals surface area (Å²) in [5.74, 6) is 0. The predicted molar refractivity (Wildman–Crippen MR) is 86.9 cm³/mol. The summed E-state index contributed by atoms with van der Waals surface area (Å²) < 4.78 is 3.09. The number of H-pyrrole nitrogens is 1. The molecule has 0 saturated heterocycles. The van der Waals surface area contributed by atoms with Crippen molar-refractivity contribution in [1.82, 2.24) is 9.55 Å². The van der Waals surface area contributed by atoms with E-state index in [1.807, 2.05) is 30.0 Å². The molecule has 2 aromatic rings. The van der Waals surface area contributed by atoms with Gasteiger partial charge in [-0.1, -0.05) is 11.6 Å². The van der Waals surface area contributed by atoms with Crippen molar-refractivity contribution in [2.75, 3.05) is 6.26 Å². The summed E-state index contributed by atoms with van der Waals surface area (Å²) in [6, 6.07) is 6.45. The lowest BCUT2D eigenvalue weighted by molar-refractivity contribution is 0.364. The molecular weight excluding hydrogens is 296 g/mol. The lowest BCUT2D eigenvalue weighted by Gasteiger charge is -2.28. The molecule has 1 heterocycles. The minimum atomic E-state index is 0.517. The molecule has 0 radical (unpaired) electrons. The van der Waals surface area contributed by atoms with Crippen molar-refractivity contribution < 1.29 is 0 Å². The van der Waals surface area contributed by atoms with Crippen molar-refractivity contribution in [2.45, 2.75) is 37.0 Å². The monoisotopic (exact) mass is 312 g/mol. The van der Waals surface area contributed by atoms with Crippen LogP contribution in [-0.2, 0) is 0 Å². The zero-order valence-electron chi connectivity index (χ0n) is 10.9. The van der Waals surface area contributed by atoms with Gasteiger partial charge in [0.2, 0.25) is 0 Å². The SMILES string of the molecule is CSC1CCC(n2c(=S)[nH]c3ccc(Cl)cc32)CC1. The molecule has 0 spiro atoms. The van der Waals surface area contributed by atoms with E-state index in [9.17, 15) is 0 Å². The first-order valence-corrected chi connectivity index (χ1v) is 8.69. The topological polar surface area (TPSA) is 20.7 Å². The van der Waals surface area contributed by atoms with Crippen LogP contribution < -0.4 is 0 Å². The summed E-state index contributed by atoms with van der Waals surface area (Å²) in [6.07, 6.45) is 7.18. The Labute approximate surface area is 127 Å². The molecule has 0 bridgehead atoms. The van der Waals surface area contributed by atoms with Crippen LogP contribution in [0.2, 0.25) is 5.02 Å². The molecule has 1 aromatic carbocycles. The van der Waals surface area contributed by atoms with Crippen LogP contribution in [-0.4, -0.2) is 21.1 Å². The van der Waals surface area contributed by atoms with Crippen LogP contribution in [0.5, 0.6) is 0 Å². The fourth-order valence-corrected chi connectivity index (χ4v) is 4.26. The van der Waals surface area contributed by atoms with Gasteiger partial charge in [-0.05, 0) is 62.4 Å². The number of imidazole rings is 1. The Balaban J connectivity index is 1.98. The van der Waals surface area contributed by atoms with Gasteiger partial charge >= 0.3 is 0 Å². The largest absolute Gasteiger partial charge is 0.331 e. The number of aromatic amines is 1. The summed E-state index contributed by atoms with van der Waals surface area (Å²) in [4.78, 5) is 3.29. The molecule has 102 valence electrons. The van der Waals surface area contributed by atoms with Crippen molar-refractivity contribution in [3.63, 3.8) is 0 Å². The van der Waals surface area contributed by atoms with Gasteiger partial charge in [0.15, 0.2) is 4.77 Å². The van der Waals surface area contributed by atoms with E-state index < -0.39 is 0 Å². The molecule has 2 nitrogen and oxygen atoms in total. The van der Waals surface area contributed by atoms with E-state index in [1.165, 1.54) is 25.7 Å². The number of halogens is 1. The van der Waals surface area contributed by atoms with Gasteiger partial charge in [0.25, 0.3) is 0 Å². The molecule has 3 rings (SSSR count). The van der Waals surface area contributed by atoms with Gasteiger partial charge in [0.05, 0.1) is 11.0 Å². The first kappa shape index (κ1) is 13.5. The molecule has 1 aliphatic rings. The molecule has 0 atom stereocenters. The predicted octanol–water partition coefficient (Wildman–Crippen LogP) is 5.20. The van der Waals surface area contributed by atoms with Gasteiger partial charge in [-0.15, -0.1) is 0 Å². The molecule has 0 amide bonds.